The number of para-hydroxylation sites is 1. The van der Waals surface area contributed by atoms with Crippen LogP contribution in [0.1, 0.15) is 32.8 Å². The van der Waals surface area contributed by atoms with E-state index in [-0.39, 0.29) is 0 Å². The molecular weight excluding hydrogens is 288 g/mol. The highest BCUT2D eigenvalue weighted by Gasteiger charge is 2.26. The molecule has 1 aliphatic rings. The fraction of sp³-hybridized carbons (Fsp3) is 0.316. The molecular formula is C19H20N2S. The van der Waals surface area contributed by atoms with Gasteiger partial charge in [0.1, 0.15) is 0 Å². The topological polar surface area (TPSA) is 27.0 Å². The molecule has 0 unspecified atom stereocenters. The Kier molecular flexibility index (Phi) is 3.88. The molecule has 112 valence electrons. The molecule has 0 amide bonds. The lowest BCUT2D eigenvalue weighted by Crippen LogP contribution is -2.23. The number of rotatable bonds is 3. The molecule has 0 radical (unpaired) electrons. The standard InChI is InChI=1S/C19H20N2S/c1-4-11-21-15-7-5-6-8-17(15)22-18-10-9-14(12-16(18)21)19(2,3)13-20/h5-10,12H,4,11H2,1-3H3. The highest BCUT2D eigenvalue weighted by molar-refractivity contribution is 7.99. The van der Waals surface area contributed by atoms with Crippen molar-refractivity contribution in [1.29, 1.82) is 5.26 Å². The van der Waals surface area contributed by atoms with E-state index in [2.05, 4.69) is 60.4 Å². The second-order valence-corrected chi connectivity index (χ2v) is 7.22. The normalized spacial score (nSPS) is 13.3. The lowest BCUT2D eigenvalue weighted by Gasteiger charge is -2.33. The van der Waals surface area contributed by atoms with E-state index >= 15 is 0 Å². The molecule has 2 aromatic rings. The Hall–Kier alpha value is -1.92. The van der Waals surface area contributed by atoms with Gasteiger partial charge >= 0.3 is 0 Å². The third-order valence-corrected chi connectivity index (χ3v) is 5.20. The molecule has 0 bridgehead atoms. The van der Waals surface area contributed by atoms with Crippen molar-refractivity contribution in [1.82, 2.24) is 0 Å². The summed E-state index contributed by atoms with van der Waals surface area (Å²) in [5.74, 6) is 0. The first-order chi connectivity index (χ1) is 10.6. The second-order valence-electron chi connectivity index (χ2n) is 6.14. The summed E-state index contributed by atoms with van der Waals surface area (Å²) in [6, 6.07) is 17.4. The molecule has 0 spiro atoms. The Morgan fingerprint density at radius 2 is 1.82 bits per heavy atom. The highest BCUT2D eigenvalue weighted by Crippen LogP contribution is 2.48. The van der Waals surface area contributed by atoms with Crippen LogP contribution in [0.5, 0.6) is 0 Å². The van der Waals surface area contributed by atoms with Crippen molar-refractivity contribution in [2.45, 2.75) is 42.4 Å². The van der Waals surface area contributed by atoms with E-state index in [0.29, 0.717) is 0 Å². The Labute approximate surface area is 136 Å². The Bertz CT molecular complexity index is 743. The van der Waals surface area contributed by atoms with Crippen molar-refractivity contribution in [3.05, 3.63) is 48.0 Å². The molecule has 1 heterocycles. The predicted octanol–water partition coefficient (Wildman–Crippen LogP) is 5.50. The fourth-order valence-corrected chi connectivity index (χ4v) is 3.82. The van der Waals surface area contributed by atoms with E-state index in [1.54, 1.807) is 0 Å². The summed E-state index contributed by atoms with van der Waals surface area (Å²) >= 11 is 1.81. The first-order valence-corrected chi connectivity index (χ1v) is 8.48. The summed E-state index contributed by atoms with van der Waals surface area (Å²) in [6.07, 6.45) is 1.09. The third kappa shape index (κ3) is 2.48. The van der Waals surface area contributed by atoms with Crippen molar-refractivity contribution < 1.29 is 0 Å². The molecule has 0 aliphatic carbocycles. The van der Waals surface area contributed by atoms with Crippen molar-refractivity contribution in [2.75, 3.05) is 11.4 Å². The Morgan fingerprint density at radius 3 is 2.55 bits per heavy atom. The maximum Gasteiger partial charge on any atom is 0.0767 e. The van der Waals surface area contributed by atoms with Gasteiger partial charge in [0.25, 0.3) is 0 Å². The van der Waals surface area contributed by atoms with Gasteiger partial charge in [-0.2, -0.15) is 5.26 Å². The van der Waals surface area contributed by atoms with E-state index in [4.69, 9.17) is 0 Å². The predicted molar refractivity (Wildman–Crippen MR) is 92.9 cm³/mol. The molecule has 2 aromatic carbocycles. The number of hydrogen-bond acceptors (Lipinski definition) is 3. The van der Waals surface area contributed by atoms with Crippen LogP contribution in [0.4, 0.5) is 11.4 Å². The summed E-state index contributed by atoms with van der Waals surface area (Å²) in [6.45, 7) is 7.14. The first-order valence-electron chi connectivity index (χ1n) is 7.67. The van der Waals surface area contributed by atoms with E-state index in [1.807, 2.05) is 25.6 Å². The van der Waals surface area contributed by atoms with Crippen LogP contribution in [0.2, 0.25) is 0 Å². The molecule has 0 fully saturated rings. The summed E-state index contributed by atoms with van der Waals surface area (Å²) in [5, 5.41) is 9.41. The van der Waals surface area contributed by atoms with Crippen LogP contribution in [0.15, 0.2) is 52.3 Å². The summed E-state index contributed by atoms with van der Waals surface area (Å²) in [5.41, 5.74) is 3.11. The zero-order chi connectivity index (χ0) is 15.7. The van der Waals surface area contributed by atoms with Crippen LogP contribution in [0, 0.1) is 11.3 Å². The van der Waals surface area contributed by atoms with Gasteiger partial charge in [0.15, 0.2) is 0 Å². The van der Waals surface area contributed by atoms with Crippen molar-refractivity contribution in [3.63, 3.8) is 0 Å². The van der Waals surface area contributed by atoms with Gasteiger partial charge < -0.3 is 4.90 Å². The Morgan fingerprint density at radius 1 is 1.09 bits per heavy atom. The summed E-state index contributed by atoms with van der Waals surface area (Å²) in [4.78, 5) is 4.96. The van der Waals surface area contributed by atoms with Crippen LogP contribution < -0.4 is 4.90 Å². The molecule has 0 aromatic heterocycles. The SMILES string of the molecule is CCCN1c2ccccc2Sc2ccc(C(C)(C)C#N)cc21. The van der Waals surface area contributed by atoms with Crippen LogP contribution in [-0.4, -0.2) is 6.54 Å². The van der Waals surface area contributed by atoms with Crippen molar-refractivity contribution >= 4 is 23.1 Å². The van der Waals surface area contributed by atoms with Gasteiger partial charge in [0.05, 0.1) is 22.9 Å². The third-order valence-electron chi connectivity index (χ3n) is 4.07. The molecule has 0 N–H and O–H groups in total. The number of hydrogen-bond donors (Lipinski definition) is 0. The molecule has 2 nitrogen and oxygen atoms in total. The second kappa shape index (κ2) is 5.70. The molecule has 0 atom stereocenters. The molecule has 0 saturated heterocycles. The number of nitriles is 1. The zero-order valence-electron chi connectivity index (χ0n) is 13.3. The monoisotopic (exact) mass is 308 g/mol. The Balaban J connectivity index is 2.13. The fourth-order valence-electron chi connectivity index (χ4n) is 2.75. The number of benzene rings is 2. The number of fused-ring (bicyclic) bond motifs is 2. The van der Waals surface area contributed by atoms with E-state index in [1.165, 1.54) is 21.2 Å². The molecule has 0 saturated carbocycles. The minimum atomic E-state index is -0.464. The van der Waals surface area contributed by atoms with Gasteiger partial charge in [-0.3, -0.25) is 0 Å². The van der Waals surface area contributed by atoms with Crippen LogP contribution in [0.3, 0.4) is 0 Å². The maximum atomic E-state index is 9.41. The average molecular weight is 308 g/mol. The van der Waals surface area contributed by atoms with Gasteiger partial charge in [-0.25, -0.2) is 0 Å². The van der Waals surface area contributed by atoms with E-state index < -0.39 is 5.41 Å². The van der Waals surface area contributed by atoms with Gasteiger partial charge in [0.2, 0.25) is 0 Å². The number of anilines is 2. The van der Waals surface area contributed by atoms with Crippen molar-refractivity contribution in [3.8, 4) is 6.07 Å². The summed E-state index contributed by atoms with van der Waals surface area (Å²) < 4.78 is 0. The average Bonchev–Trinajstić information content (AvgIpc) is 2.54. The number of nitrogens with zero attached hydrogens (tertiary/aromatic N) is 2. The van der Waals surface area contributed by atoms with E-state index in [0.717, 1.165) is 18.5 Å². The van der Waals surface area contributed by atoms with Crippen LogP contribution in [-0.2, 0) is 5.41 Å². The lowest BCUT2D eigenvalue weighted by atomic mass is 9.86. The van der Waals surface area contributed by atoms with Crippen molar-refractivity contribution in [2.24, 2.45) is 0 Å². The summed E-state index contributed by atoms with van der Waals surface area (Å²) in [7, 11) is 0. The van der Waals surface area contributed by atoms with Crippen LogP contribution in [0.25, 0.3) is 0 Å². The van der Waals surface area contributed by atoms with Gasteiger partial charge in [-0.15, -0.1) is 0 Å². The minimum absolute atomic E-state index is 0.464. The van der Waals surface area contributed by atoms with Crippen LogP contribution >= 0.6 is 11.8 Å². The smallest absolute Gasteiger partial charge is 0.0767 e. The molecule has 22 heavy (non-hydrogen) atoms. The quantitative estimate of drug-likeness (QED) is 0.749. The van der Waals surface area contributed by atoms with Gasteiger partial charge in [-0.05, 0) is 50.1 Å². The first kappa shape index (κ1) is 15.0. The van der Waals surface area contributed by atoms with Gasteiger partial charge in [-0.1, -0.05) is 36.9 Å². The van der Waals surface area contributed by atoms with Gasteiger partial charge in [0, 0.05) is 16.3 Å². The zero-order valence-corrected chi connectivity index (χ0v) is 14.1. The largest absolute Gasteiger partial charge is 0.340 e. The molecule has 3 heteroatoms. The molecule has 3 rings (SSSR count). The lowest BCUT2D eigenvalue weighted by molar-refractivity contribution is 0.685. The maximum absolute atomic E-state index is 9.41. The molecule has 1 aliphatic heterocycles. The van der Waals surface area contributed by atoms with E-state index in [9.17, 15) is 5.26 Å². The highest BCUT2D eigenvalue weighted by atomic mass is 32.2. The minimum Gasteiger partial charge on any atom is -0.340 e.